The van der Waals surface area contributed by atoms with Crippen LogP contribution in [0.5, 0.6) is 0 Å². The summed E-state index contributed by atoms with van der Waals surface area (Å²) in [5.41, 5.74) is 1.92. The summed E-state index contributed by atoms with van der Waals surface area (Å²) in [6.45, 7) is -0.157. The summed E-state index contributed by atoms with van der Waals surface area (Å²) < 4.78 is 13.6. The van der Waals surface area contributed by atoms with E-state index < -0.39 is 5.82 Å². The molecule has 1 aromatic heterocycles. The number of hydrogen-bond donors (Lipinski definition) is 2. The molecule has 0 saturated heterocycles. The number of nitrogens with zero attached hydrogens (tertiary/aromatic N) is 1. The fraction of sp³-hybridized carbons (Fsp3) is 0.111. The van der Waals surface area contributed by atoms with Crippen molar-refractivity contribution in [1.82, 2.24) is 10.3 Å². The zero-order chi connectivity index (χ0) is 16.2. The van der Waals surface area contributed by atoms with Crippen LogP contribution in [0.1, 0.15) is 21.6 Å². The molecule has 0 unspecified atom stereocenters. The quantitative estimate of drug-likeness (QED) is 0.779. The van der Waals surface area contributed by atoms with Gasteiger partial charge in [-0.3, -0.25) is 4.79 Å². The first-order chi connectivity index (χ1) is 11.2. The van der Waals surface area contributed by atoms with Crippen LogP contribution in [0.3, 0.4) is 0 Å². The first-order valence-electron chi connectivity index (χ1n) is 7.19. The standard InChI is InChI=1S/C18H15FN2O2/c19-15-9-12(5-6-14(15)11-22)10-20-18(23)17-8-7-13-3-1-2-4-16(13)21-17/h1-9,22H,10-11H2,(H,20,23). The van der Waals surface area contributed by atoms with Crippen LogP contribution in [0.15, 0.2) is 54.6 Å². The average molecular weight is 310 g/mol. The predicted molar refractivity (Wildman–Crippen MR) is 85.2 cm³/mol. The number of aromatic nitrogens is 1. The Hall–Kier alpha value is -2.79. The lowest BCUT2D eigenvalue weighted by atomic mass is 10.1. The zero-order valence-corrected chi connectivity index (χ0v) is 12.3. The number of para-hydroxylation sites is 1. The summed E-state index contributed by atoms with van der Waals surface area (Å²) >= 11 is 0. The second kappa shape index (κ2) is 6.54. The van der Waals surface area contributed by atoms with Crippen LogP contribution < -0.4 is 5.32 Å². The molecule has 0 aliphatic rings. The van der Waals surface area contributed by atoms with Crippen molar-refractivity contribution >= 4 is 16.8 Å². The van der Waals surface area contributed by atoms with Crippen molar-refractivity contribution in [3.8, 4) is 0 Å². The second-order valence-corrected chi connectivity index (χ2v) is 5.16. The van der Waals surface area contributed by atoms with E-state index >= 15 is 0 Å². The first kappa shape index (κ1) is 15.1. The average Bonchev–Trinajstić information content (AvgIpc) is 2.59. The number of fused-ring (bicyclic) bond motifs is 1. The molecule has 0 aliphatic heterocycles. The molecule has 3 aromatic rings. The van der Waals surface area contributed by atoms with Gasteiger partial charge in [0.2, 0.25) is 0 Å². The van der Waals surface area contributed by atoms with Gasteiger partial charge in [-0.1, -0.05) is 36.4 Å². The monoisotopic (exact) mass is 310 g/mol. The van der Waals surface area contributed by atoms with Gasteiger partial charge < -0.3 is 10.4 Å². The van der Waals surface area contributed by atoms with Gasteiger partial charge in [0.15, 0.2) is 0 Å². The summed E-state index contributed by atoms with van der Waals surface area (Å²) in [7, 11) is 0. The van der Waals surface area contributed by atoms with Crippen molar-refractivity contribution in [1.29, 1.82) is 0 Å². The Bertz CT molecular complexity index is 865. The van der Waals surface area contributed by atoms with Crippen molar-refractivity contribution in [3.63, 3.8) is 0 Å². The number of rotatable bonds is 4. The van der Waals surface area contributed by atoms with E-state index in [0.717, 1.165) is 10.9 Å². The Morgan fingerprint density at radius 3 is 2.74 bits per heavy atom. The minimum atomic E-state index is -0.483. The Balaban J connectivity index is 1.72. The molecule has 0 saturated carbocycles. The smallest absolute Gasteiger partial charge is 0.270 e. The molecule has 23 heavy (non-hydrogen) atoms. The highest BCUT2D eigenvalue weighted by Crippen LogP contribution is 2.13. The molecule has 1 amide bonds. The fourth-order valence-electron chi connectivity index (χ4n) is 2.29. The van der Waals surface area contributed by atoms with Crippen LogP contribution in [-0.2, 0) is 13.2 Å². The lowest BCUT2D eigenvalue weighted by Gasteiger charge is -2.07. The maximum atomic E-state index is 13.6. The summed E-state index contributed by atoms with van der Waals surface area (Å²) in [6, 6.07) is 15.5. The molecular weight excluding hydrogens is 295 g/mol. The number of benzene rings is 2. The minimum Gasteiger partial charge on any atom is -0.392 e. The van der Waals surface area contributed by atoms with E-state index in [0.29, 0.717) is 11.3 Å². The number of amides is 1. The molecule has 116 valence electrons. The maximum Gasteiger partial charge on any atom is 0.270 e. The summed E-state index contributed by atoms with van der Waals surface area (Å²) in [4.78, 5) is 16.5. The van der Waals surface area contributed by atoms with Crippen LogP contribution in [0.25, 0.3) is 10.9 Å². The summed E-state index contributed by atoms with van der Waals surface area (Å²) in [5.74, 6) is -0.800. The fourth-order valence-corrected chi connectivity index (χ4v) is 2.29. The van der Waals surface area contributed by atoms with E-state index in [9.17, 15) is 9.18 Å². The molecule has 0 aliphatic carbocycles. The SMILES string of the molecule is O=C(NCc1ccc(CO)c(F)c1)c1ccc2ccccc2n1. The van der Waals surface area contributed by atoms with Crippen molar-refractivity contribution in [2.75, 3.05) is 0 Å². The predicted octanol–water partition coefficient (Wildman–Crippen LogP) is 2.80. The number of carbonyl (C=O) groups excluding carboxylic acids is 1. The molecule has 0 bridgehead atoms. The molecule has 3 rings (SSSR count). The summed E-state index contributed by atoms with van der Waals surface area (Å²) in [5, 5.41) is 12.6. The van der Waals surface area contributed by atoms with Gasteiger partial charge >= 0.3 is 0 Å². The van der Waals surface area contributed by atoms with Crippen molar-refractivity contribution in [3.05, 3.63) is 77.2 Å². The lowest BCUT2D eigenvalue weighted by Crippen LogP contribution is -2.23. The maximum absolute atomic E-state index is 13.6. The third-order valence-electron chi connectivity index (χ3n) is 3.57. The highest BCUT2D eigenvalue weighted by atomic mass is 19.1. The van der Waals surface area contributed by atoms with Gasteiger partial charge in [-0.05, 0) is 23.8 Å². The van der Waals surface area contributed by atoms with Crippen molar-refractivity contribution < 1.29 is 14.3 Å². The van der Waals surface area contributed by atoms with E-state index in [1.54, 1.807) is 12.1 Å². The molecule has 2 aromatic carbocycles. The van der Waals surface area contributed by atoms with E-state index in [1.165, 1.54) is 12.1 Å². The molecule has 0 atom stereocenters. The van der Waals surface area contributed by atoms with Gasteiger partial charge in [0.1, 0.15) is 11.5 Å². The van der Waals surface area contributed by atoms with Gasteiger partial charge in [-0.25, -0.2) is 9.37 Å². The van der Waals surface area contributed by atoms with E-state index in [4.69, 9.17) is 5.11 Å². The molecule has 0 radical (unpaired) electrons. The van der Waals surface area contributed by atoms with Gasteiger partial charge in [0, 0.05) is 17.5 Å². The van der Waals surface area contributed by atoms with E-state index in [-0.39, 0.29) is 24.6 Å². The van der Waals surface area contributed by atoms with E-state index in [2.05, 4.69) is 10.3 Å². The van der Waals surface area contributed by atoms with Gasteiger partial charge in [0.05, 0.1) is 12.1 Å². The number of halogens is 1. The molecule has 4 nitrogen and oxygen atoms in total. The number of hydrogen-bond acceptors (Lipinski definition) is 3. The molecule has 2 N–H and O–H groups in total. The second-order valence-electron chi connectivity index (χ2n) is 5.16. The van der Waals surface area contributed by atoms with Crippen molar-refractivity contribution in [2.45, 2.75) is 13.2 Å². The Morgan fingerprint density at radius 1 is 1.13 bits per heavy atom. The van der Waals surface area contributed by atoms with Crippen molar-refractivity contribution in [2.24, 2.45) is 0 Å². The largest absolute Gasteiger partial charge is 0.392 e. The Morgan fingerprint density at radius 2 is 1.96 bits per heavy atom. The lowest BCUT2D eigenvalue weighted by molar-refractivity contribution is 0.0946. The van der Waals surface area contributed by atoms with Gasteiger partial charge in [0.25, 0.3) is 5.91 Å². The highest BCUT2D eigenvalue weighted by Gasteiger charge is 2.09. The van der Waals surface area contributed by atoms with Crippen LogP contribution in [0.4, 0.5) is 4.39 Å². The highest BCUT2D eigenvalue weighted by molar-refractivity contribution is 5.94. The third kappa shape index (κ3) is 3.35. The topological polar surface area (TPSA) is 62.2 Å². The number of carbonyl (C=O) groups is 1. The molecule has 5 heteroatoms. The van der Waals surface area contributed by atoms with Crippen LogP contribution in [0, 0.1) is 5.82 Å². The minimum absolute atomic E-state index is 0.190. The van der Waals surface area contributed by atoms with E-state index in [1.807, 2.05) is 30.3 Å². The molecule has 0 spiro atoms. The molecule has 1 heterocycles. The number of pyridine rings is 1. The molecule has 0 fully saturated rings. The van der Waals surface area contributed by atoms with Crippen LogP contribution in [0.2, 0.25) is 0 Å². The zero-order valence-electron chi connectivity index (χ0n) is 12.3. The van der Waals surface area contributed by atoms with Gasteiger partial charge in [-0.2, -0.15) is 0 Å². The normalized spacial score (nSPS) is 10.7. The summed E-state index contributed by atoms with van der Waals surface area (Å²) in [6.07, 6.45) is 0. The molecular formula is C18H15FN2O2. The Labute approximate surface area is 132 Å². The van der Waals surface area contributed by atoms with Crippen LogP contribution in [-0.4, -0.2) is 16.0 Å². The third-order valence-corrected chi connectivity index (χ3v) is 3.57. The number of nitrogens with one attached hydrogen (secondary N) is 1. The van der Waals surface area contributed by atoms with Gasteiger partial charge in [-0.15, -0.1) is 0 Å². The Kier molecular flexibility index (Phi) is 4.30. The first-order valence-corrected chi connectivity index (χ1v) is 7.19. The number of aliphatic hydroxyl groups excluding tert-OH is 1. The number of aliphatic hydroxyl groups is 1. The van der Waals surface area contributed by atoms with Crippen LogP contribution >= 0.6 is 0 Å².